The molecule has 0 radical (unpaired) electrons. The van der Waals surface area contributed by atoms with Crippen LogP contribution in [-0.4, -0.2) is 4.98 Å². The number of nitriles is 1. The molecule has 0 bridgehead atoms. The van der Waals surface area contributed by atoms with Crippen molar-refractivity contribution in [2.24, 2.45) is 0 Å². The number of nitrogens with zero attached hydrogens (tertiary/aromatic N) is 2. The van der Waals surface area contributed by atoms with Crippen LogP contribution in [0.2, 0.25) is 0 Å². The molecule has 27 heavy (non-hydrogen) atoms. The van der Waals surface area contributed by atoms with Crippen LogP contribution in [0.25, 0.3) is 11.5 Å². The van der Waals surface area contributed by atoms with E-state index >= 15 is 0 Å². The van der Waals surface area contributed by atoms with Crippen LogP contribution < -0.4 is 0 Å². The largest absolute Gasteiger partial charge is 0.440 e. The van der Waals surface area contributed by atoms with Gasteiger partial charge in [0.15, 0.2) is 0 Å². The molecule has 0 fully saturated rings. The second-order valence-electron chi connectivity index (χ2n) is 5.87. The van der Waals surface area contributed by atoms with Crippen molar-refractivity contribution in [2.75, 3.05) is 0 Å². The molecule has 0 N–H and O–H groups in total. The number of alkyl halides is 3. The van der Waals surface area contributed by atoms with Gasteiger partial charge in [-0.25, -0.2) is 4.98 Å². The van der Waals surface area contributed by atoms with Crippen molar-refractivity contribution < 1.29 is 17.6 Å². The lowest BCUT2D eigenvalue weighted by Gasteiger charge is -2.06. The van der Waals surface area contributed by atoms with E-state index in [1.54, 1.807) is 11.8 Å². The highest BCUT2D eigenvalue weighted by molar-refractivity contribution is 7.98. The summed E-state index contributed by atoms with van der Waals surface area (Å²) in [5, 5.41) is 8.69. The second kappa shape index (κ2) is 7.89. The lowest BCUT2D eigenvalue weighted by Crippen LogP contribution is -2.03. The Morgan fingerprint density at radius 2 is 1.74 bits per heavy atom. The number of halogens is 3. The van der Waals surface area contributed by atoms with Gasteiger partial charge in [0.1, 0.15) is 5.76 Å². The zero-order valence-corrected chi connectivity index (χ0v) is 15.2. The van der Waals surface area contributed by atoms with Gasteiger partial charge in [-0.05, 0) is 48.9 Å². The molecule has 1 aromatic heterocycles. The average molecular weight is 388 g/mol. The summed E-state index contributed by atoms with van der Waals surface area (Å²) in [5.41, 5.74) is 1.47. The van der Waals surface area contributed by atoms with Crippen molar-refractivity contribution in [3.63, 3.8) is 0 Å². The van der Waals surface area contributed by atoms with Gasteiger partial charge in [0, 0.05) is 10.5 Å². The van der Waals surface area contributed by atoms with Gasteiger partial charge in [0.2, 0.25) is 5.89 Å². The molecule has 1 heterocycles. The van der Waals surface area contributed by atoms with E-state index in [-0.39, 0.29) is 0 Å². The predicted molar refractivity (Wildman–Crippen MR) is 97.0 cm³/mol. The van der Waals surface area contributed by atoms with Gasteiger partial charge in [-0.3, -0.25) is 0 Å². The van der Waals surface area contributed by atoms with Gasteiger partial charge < -0.3 is 4.42 Å². The molecule has 3 nitrogen and oxygen atoms in total. The van der Waals surface area contributed by atoms with E-state index in [9.17, 15) is 13.2 Å². The van der Waals surface area contributed by atoms with Crippen molar-refractivity contribution in [1.82, 2.24) is 4.98 Å². The summed E-state index contributed by atoms with van der Waals surface area (Å²) < 4.78 is 43.7. The number of aryl methyl sites for hydroxylation is 1. The van der Waals surface area contributed by atoms with Gasteiger partial charge in [0.05, 0.1) is 29.5 Å². The fraction of sp³-hybridized carbons (Fsp3) is 0.200. The van der Waals surface area contributed by atoms with Crippen molar-refractivity contribution in [3.05, 3.63) is 71.1 Å². The Morgan fingerprint density at radius 1 is 1.07 bits per heavy atom. The Labute approximate surface area is 158 Å². The van der Waals surface area contributed by atoms with Gasteiger partial charge in [-0.15, -0.1) is 11.8 Å². The molecule has 3 aromatic rings. The molecule has 138 valence electrons. The third-order valence-corrected chi connectivity index (χ3v) is 4.94. The molecule has 0 saturated carbocycles. The average Bonchev–Trinajstić information content (AvgIpc) is 3.02. The molecule has 7 heteroatoms. The first-order chi connectivity index (χ1) is 12.9. The first kappa shape index (κ1) is 19.1. The molecule has 0 atom stereocenters. The van der Waals surface area contributed by atoms with Gasteiger partial charge in [0.25, 0.3) is 0 Å². The minimum Gasteiger partial charge on any atom is -0.440 e. The smallest absolute Gasteiger partial charge is 0.416 e. The monoisotopic (exact) mass is 388 g/mol. The Kier molecular flexibility index (Phi) is 5.57. The number of aromatic nitrogens is 1. The zero-order chi connectivity index (χ0) is 19.4. The topological polar surface area (TPSA) is 49.8 Å². The second-order valence-corrected chi connectivity index (χ2v) is 6.92. The van der Waals surface area contributed by atoms with Crippen LogP contribution in [0.4, 0.5) is 13.2 Å². The summed E-state index contributed by atoms with van der Waals surface area (Å²) >= 11 is 1.56. The fourth-order valence-electron chi connectivity index (χ4n) is 2.43. The lowest BCUT2D eigenvalue weighted by atomic mass is 10.1. The Morgan fingerprint density at radius 3 is 2.33 bits per heavy atom. The van der Waals surface area contributed by atoms with Crippen LogP contribution in [0.5, 0.6) is 0 Å². The van der Waals surface area contributed by atoms with Crippen LogP contribution in [0, 0.1) is 18.3 Å². The molecule has 0 aliphatic carbocycles. The molecule has 0 aliphatic rings. The highest BCUT2D eigenvalue weighted by Crippen LogP contribution is 2.32. The van der Waals surface area contributed by atoms with Crippen LogP contribution in [-0.2, 0) is 18.3 Å². The summed E-state index contributed by atoms with van der Waals surface area (Å²) in [6, 6.07) is 14.6. The number of hydrogen-bond acceptors (Lipinski definition) is 4. The summed E-state index contributed by atoms with van der Waals surface area (Å²) in [6.07, 6.45) is -3.99. The van der Waals surface area contributed by atoms with E-state index < -0.39 is 11.7 Å². The normalized spacial score (nSPS) is 11.4. The third-order valence-electron chi connectivity index (χ3n) is 3.93. The minimum atomic E-state index is -4.37. The first-order valence-electron chi connectivity index (χ1n) is 8.09. The minimum absolute atomic E-state index is 0.307. The van der Waals surface area contributed by atoms with Crippen molar-refractivity contribution >= 4 is 11.8 Å². The Hall–Kier alpha value is -2.72. The maximum Gasteiger partial charge on any atom is 0.416 e. The Balaban J connectivity index is 1.70. The highest BCUT2D eigenvalue weighted by Gasteiger charge is 2.30. The van der Waals surface area contributed by atoms with Gasteiger partial charge in [-0.1, -0.05) is 12.1 Å². The summed E-state index contributed by atoms with van der Waals surface area (Å²) in [4.78, 5) is 5.36. The molecular formula is C20H15F3N2OS. The number of benzene rings is 2. The van der Waals surface area contributed by atoms with Gasteiger partial charge in [-0.2, -0.15) is 18.4 Å². The van der Waals surface area contributed by atoms with E-state index in [1.807, 2.05) is 31.2 Å². The summed E-state index contributed by atoms with van der Waals surface area (Å²) in [5.74, 6) is 1.54. The number of thioether (sulfide) groups is 1. The molecule has 0 unspecified atom stereocenters. The van der Waals surface area contributed by atoms with E-state index in [4.69, 9.17) is 9.68 Å². The summed E-state index contributed by atoms with van der Waals surface area (Å²) in [7, 11) is 0. The van der Waals surface area contributed by atoms with Crippen LogP contribution in [0.3, 0.4) is 0 Å². The molecular weight excluding hydrogens is 373 g/mol. The SMILES string of the molecule is Cc1nc(-c2ccc(C(F)(F)F)cc2)oc1CSc1ccc(CC#N)cc1. The van der Waals surface area contributed by atoms with Gasteiger partial charge >= 0.3 is 6.18 Å². The third kappa shape index (κ3) is 4.72. The van der Waals surface area contributed by atoms with E-state index in [0.29, 0.717) is 35.1 Å². The zero-order valence-electron chi connectivity index (χ0n) is 14.4. The maximum absolute atomic E-state index is 12.7. The summed E-state index contributed by atoms with van der Waals surface area (Å²) in [6.45, 7) is 1.81. The molecule has 0 amide bonds. The maximum atomic E-state index is 12.7. The predicted octanol–water partition coefficient (Wildman–Crippen LogP) is 6.03. The van der Waals surface area contributed by atoms with E-state index in [2.05, 4.69) is 11.1 Å². The first-order valence-corrected chi connectivity index (χ1v) is 9.08. The molecule has 0 spiro atoms. The number of hydrogen-bond donors (Lipinski definition) is 0. The lowest BCUT2D eigenvalue weighted by molar-refractivity contribution is -0.137. The van der Waals surface area contributed by atoms with Crippen molar-refractivity contribution in [1.29, 1.82) is 5.26 Å². The standard InChI is InChI=1S/C20H15F3N2OS/c1-13-18(12-27-17-8-2-14(3-9-17)10-11-24)26-19(25-13)15-4-6-16(7-5-15)20(21,22)23/h2-9H,10,12H2,1H3. The quantitative estimate of drug-likeness (QED) is 0.501. The Bertz CT molecular complexity index is 955. The molecule has 2 aromatic carbocycles. The molecule has 0 saturated heterocycles. The van der Waals surface area contributed by atoms with Crippen LogP contribution in [0.15, 0.2) is 57.8 Å². The van der Waals surface area contributed by atoms with Crippen LogP contribution in [0.1, 0.15) is 22.6 Å². The van der Waals surface area contributed by atoms with Crippen molar-refractivity contribution in [2.45, 2.75) is 30.2 Å². The fourth-order valence-corrected chi connectivity index (χ4v) is 3.33. The van der Waals surface area contributed by atoms with Crippen LogP contribution >= 0.6 is 11.8 Å². The number of rotatable bonds is 5. The molecule has 3 rings (SSSR count). The molecule has 0 aliphatic heterocycles. The number of oxazole rings is 1. The van der Waals surface area contributed by atoms with E-state index in [0.717, 1.165) is 22.6 Å². The van der Waals surface area contributed by atoms with E-state index in [1.165, 1.54) is 12.1 Å². The highest BCUT2D eigenvalue weighted by atomic mass is 32.2. The van der Waals surface area contributed by atoms with Crippen molar-refractivity contribution in [3.8, 4) is 17.5 Å².